The molecule has 0 saturated carbocycles. The van der Waals surface area contributed by atoms with Crippen LogP contribution in [0.25, 0.3) is 33.0 Å². The van der Waals surface area contributed by atoms with E-state index in [0.717, 1.165) is 69.9 Å². The second-order valence-electron chi connectivity index (χ2n) is 17.8. The number of carbonyl (C=O) groups is 2. The highest BCUT2D eigenvalue weighted by atomic mass is 16.5. The van der Waals surface area contributed by atoms with Crippen LogP contribution in [0.15, 0.2) is 78.9 Å². The SMILES string of the molecule is CC[C@]12C=C(C(=O)OC)c3c(C[C@H]4Nc5ccc(O)cc5C(OC)[C@@H]4c4c5n(c6ccccc46)[C@H]4N(O)CCC[C@@]4(CC)C=C5C(=O)OC)c4ccccc4n3[C@H]1N(O)CCC2. The van der Waals surface area contributed by atoms with Crippen molar-refractivity contribution in [3.8, 4) is 5.75 Å². The fraction of sp³-hybridized carbons (Fsp3) is 0.429. The number of phenols is 1. The number of fused-ring (bicyclic) bond motifs is 11. The molecule has 0 amide bonds. The van der Waals surface area contributed by atoms with Gasteiger partial charge in [-0.2, -0.15) is 10.1 Å². The van der Waals surface area contributed by atoms with Gasteiger partial charge in [0.1, 0.15) is 18.1 Å². The molecule has 324 valence electrons. The van der Waals surface area contributed by atoms with Gasteiger partial charge in [-0.1, -0.05) is 62.4 Å². The number of hydrogen-bond donors (Lipinski definition) is 4. The largest absolute Gasteiger partial charge is 0.508 e. The van der Waals surface area contributed by atoms with E-state index < -0.39 is 53.2 Å². The highest BCUT2D eigenvalue weighted by molar-refractivity contribution is 6.19. The molecule has 3 aromatic carbocycles. The van der Waals surface area contributed by atoms with Crippen LogP contribution in [0.1, 0.15) is 105 Å². The van der Waals surface area contributed by atoms with Crippen molar-refractivity contribution in [2.45, 2.75) is 89.2 Å². The third kappa shape index (κ3) is 5.71. The van der Waals surface area contributed by atoms with Crippen molar-refractivity contribution >= 4 is 50.6 Å². The molecule has 7 heterocycles. The Morgan fingerprint density at radius 2 is 1.31 bits per heavy atom. The van der Waals surface area contributed by atoms with Crippen molar-refractivity contribution < 1.29 is 39.3 Å². The Balaban J connectivity index is 1.26. The molecule has 2 saturated heterocycles. The molecule has 2 aromatic heterocycles. The Hall–Kier alpha value is -5.44. The van der Waals surface area contributed by atoms with Gasteiger partial charge in [0.15, 0.2) is 0 Å². The summed E-state index contributed by atoms with van der Waals surface area (Å²) >= 11 is 0. The molecule has 5 aromatic rings. The van der Waals surface area contributed by atoms with Crippen LogP contribution in [0.4, 0.5) is 5.69 Å². The predicted octanol–water partition coefficient (Wildman–Crippen LogP) is 8.71. The first kappa shape index (κ1) is 40.6. The Labute approximate surface area is 360 Å². The number of carbonyl (C=O) groups excluding carboxylic acids is 2. The van der Waals surface area contributed by atoms with Crippen molar-refractivity contribution in [3.63, 3.8) is 0 Å². The molecule has 10 rings (SSSR count). The van der Waals surface area contributed by atoms with Gasteiger partial charge in [0.25, 0.3) is 0 Å². The number of benzene rings is 3. The summed E-state index contributed by atoms with van der Waals surface area (Å²) < 4.78 is 22.0. The standard InChI is InChI=1S/C49H55N5O8/c1-6-48-20-12-22-51(58)46(48)53-37-16-10-8-14-29(37)31(41(53)33(26-48)44(56)61-4)25-36-40(43(60-3)32-24-28(55)18-19-35(32)50-36)39-30-15-9-11-17-38(30)54-42(39)34(45(57)62-5)27-49(7-2)21-13-23-52(59)47(49)54/h8-11,14-19,24,26-27,36,40,43,46-47,50,55,58-59H,6-7,12-13,20-23,25H2,1-5H3/t36-,40+,43?,46-,47-,48+,49+/m1/s1. The van der Waals surface area contributed by atoms with Gasteiger partial charge in [-0.15, -0.1) is 0 Å². The summed E-state index contributed by atoms with van der Waals surface area (Å²) in [6, 6.07) is 21.0. The number of ether oxygens (including phenoxy) is 3. The smallest absolute Gasteiger partial charge is 0.339 e. The fourth-order valence-corrected chi connectivity index (χ4v) is 12.4. The molecule has 0 bridgehead atoms. The van der Waals surface area contributed by atoms with Gasteiger partial charge >= 0.3 is 11.9 Å². The maximum absolute atomic E-state index is 14.3. The number of nitrogens with zero attached hydrogens (tertiary/aromatic N) is 4. The van der Waals surface area contributed by atoms with Crippen LogP contribution in [0.2, 0.25) is 0 Å². The number of hydroxylamine groups is 4. The van der Waals surface area contributed by atoms with Crippen LogP contribution in [0.3, 0.4) is 0 Å². The molecule has 13 nitrogen and oxygen atoms in total. The first-order chi connectivity index (χ1) is 30.0. The van der Waals surface area contributed by atoms with Gasteiger partial charge in [-0.05, 0) is 86.4 Å². The summed E-state index contributed by atoms with van der Waals surface area (Å²) in [5.74, 6) is -1.34. The topological polar surface area (TPSA) is 151 Å². The summed E-state index contributed by atoms with van der Waals surface area (Å²) in [5.41, 5.74) is 6.23. The minimum absolute atomic E-state index is 0.0929. The average Bonchev–Trinajstić information content (AvgIpc) is 3.80. The molecule has 62 heavy (non-hydrogen) atoms. The molecule has 2 fully saturated rings. The summed E-state index contributed by atoms with van der Waals surface area (Å²) in [4.78, 5) is 28.4. The number of para-hydroxylation sites is 2. The first-order valence-electron chi connectivity index (χ1n) is 22.0. The van der Waals surface area contributed by atoms with Crippen LogP contribution in [0.5, 0.6) is 5.75 Å². The minimum Gasteiger partial charge on any atom is -0.508 e. The summed E-state index contributed by atoms with van der Waals surface area (Å²) in [5, 5.41) is 43.2. The summed E-state index contributed by atoms with van der Waals surface area (Å²) in [6.45, 7) is 5.19. The van der Waals surface area contributed by atoms with Crippen molar-refractivity contribution in [3.05, 3.63) is 107 Å². The maximum atomic E-state index is 14.3. The van der Waals surface area contributed by atoms with E-state index in [0.29, 0.717) is 54.9 Å². The third-order valence-corrected chi connectivity index (χ3v) is 15.1. The zero-order valence-electron chi connectivity index (χ0n) is 35.9. The number of methoxy groups -OCH3 is 3. The van der Waals surface area contributed by atoms with E-state index in [2.05, 4.69) is 52.6 Å². The molecule has 13 heteroatoms. The lowest BCUT2D eigenvalue weighted by atomic mass is 9.70. The number of hydrogen-bond acceptors (Lipinski definition) is 11. The number of phenolic OH excluding ortho intramolecular Hbond substituents is 1. The number of nitrogens with one attached hydrogen (secondary N) is 1. The molecule has 0 aliphatic carbocycles. The maximum Gasteiger partial charge on any atom is 0.339 e. The highest BCUT2D eigenvalue weighted by Gasteiger charge is 2.53. The number of piperidine rings is 2. The zero-order valence-corrected chi connectivity index (χ0v) is 35.9. The molecule has 0 radical (unpaired) electrons. The Bertz CT molecular complexity index is 2700. The molecule has 5 aliphatic heterocycles. The highest BCUT2D eigenvalue weighted by Crippen LogP contribution is 2.59. The molecular weight excluding hydrogens is 787 g/mol. The van der Waals surface area contributed by atoms with Crippen LogP contribution < -0.4 is 5.32 Å². The third-order valence-electron chi connectivity index (χ3n) is 15.1. The quantitative estimate of drug-likeness (QED) is 0.0878. The first-order valence-corrected chi connectivity index (χ1v) is 22.0. The number of anilines is 1. The number of rotatable bonds is 8. The second-order valence-corrected chi connectivity index (χ2v) is 17.8. The van der Waals surface area contributed by atoms with E-state index in [1.807, 2.05) is 42.5 Å². The van der Waals surface area contributed by atoms with Gasteiger partial charge < -0.3 is 44.2 Å². The molecule has 5 aliphatic rings. The van der Waals surface area contributed by atoms with E-state index in [-0.39, 0.29) is 5.75 Å². The predicted molar refractivity (Wildman–Crippen MR) is 235 cm³/mol. The lowest BCUT2D eigenvalue weighted by molar-refractivity contribution is -0.203. The van der Waals surface area contributed by atoms with Crippen molar-refractivity contribution in [1.82, 2.24) is 19.3 Å². The number of esters is 2. The van der Waals surface area contributed by atoms with Gasteiger partial charge in [0.05, 0.1) is 53.9 Å². The number of aromatic nitrogens is 2. The van der Waals surface area contributed by atoms with E-state index >= 15 is 0 Å². The van der Waals surface area contributed by atoms with Crippen molar-refractivity contribution in [2.75, 3.05) is 39.7 Å². The molecule has 7 atom stereocenters. The monoisotopic (exact) mass is 841 g/mol. The molecular formula is C49H55N5O8. The molecule has 1 unspecified atom stereocenters. The normalized spacial score (nSPS) is 28.1. The van der Waals surface area contributed by atoms with Gasteiger partial charge in [0.2, 0.25) is 0 Å². The van der Waals surface area contributed by atoms with Gasteiger partial charge in [0, 0.05) is 65.0 Å². The van der Waals surface area contributed by atoms with Crippen molar-refractivity contribution in [1.29, 1.82) is 0 Å². The van der Waals surface area contributed by atoms with Gasteiger partial charge in [-0.3, -0.25) is 0 Å². The molecule has 0 spiro atoms. The Kier molecular flexibility index (Phi) is 9.91. The number of aromatic hydroxyl groups is 1. The molecule has 4 N–H and O–H groups in total. The van der Waals surface area contributed by atoms with E-state index in [1.165, 1.54) is 24.3 Å². The second kappa shape index (κ2) is 15.1. The minimum atomic E-state index is -0.633. The summed E-state index contributed by atoms with van der Waals surface area (Å²) in [7, 11) is 4.49. The van der Waals surface area contributed by atoms with Crippen LogP contribution in [0, 0.1) is 10.8 Å². The van der Waals surface area contributed by atoms with Crippen molar-refractivity contribution in [2.24, 2.45) is 10.8 Å². The Morgan fingerprint density at radius 3 is 1.89 bits per heavy atom. The van der Waals surface area contributed by atoms with E-state index in [4.69, 9.17) is 14.2 Å². The summed E-state index contributed by atoms with van der Waals surface area (Å²) in [6.07, 6.45) is 7.41. The van der Waals surface area contributed by atoms with Gasteiger partial charge in [-0.25, -0.2) is 9.59 Å². The Morgan fingerprint density at radius 1 is 0.758 bits per heavy atom. The van der Waals surface area contributed by atoms with Crippen LogP contribution in [-0.4, -0.2) is 87.2 Å². The lowest BCUT2D eigenvalue weighted by Crippen LogP contribution is -2.49. The lowest BCUT2D eigenvalue weighted by Gasteiger charge is -2.50. The average molecular weight is 842 g/mol. The fourth-order valence-electron chi connectivity index (χ4n) is 12.4. The van der Waals surface area contributed by atoms with E-state index in [9.17, 15) is 25.1 Å². The van der Waals surface area contributed by atoms with Crippen LogP contribution >= 0.6 is 0 Å². The van der Waals surface area contributed by atoms with Crippen LogP contribution in [-0.2, 0) is 30.2 Å². The zero-order chi connectivity index (χ0) is 43.2. The van der Waals surface area contributed by atoms with E-state index in [1.54, 1.807) is 19.2 Å².